The van der Waals surface area contributed by atoms with Gasteiger partial charge >= 0.3 is 0 Å². The number of nitrogens with zero attached hydrogens (tertiary/aromatic N) is 4. The molecule has 0 unspecified atom stereocenters. The number of rotatable bonds is 2. The largest absolute Gasteiger partial charge is 0.267 e. The van der Waals surface area contributed by atoms with Gasteiger partial charge in [-0.15, -0.1) is 0 Å². The fourth-order valence-electron chi connectivity index (χ4n) is 2.49. The minimum Gasteiger partial charge on any atom is -0.267 e. The van der Waals surface area contributed by atoms with Crippen LogP contribution in [0.2, 0.25) is 0 Å². The minimum absolute atomic E-state index is 0.537. The molecule has 1 aromatic carbocycles. The van der Waals surface area contributed by atoms with E-state index in [0.717, 1.165) is 28.0 Å². The standard InChI is InChI=1S/C16H11N5S/c22-16-20-19-15(11-4-2-8-17-10-11)21(16)14-7-1-6-13-12(14)5-3-9-18-13/h1-10H,(H,20,22). The molecule has 0 bridgehead atoms. The molecule has 3 heterocycles. The molecule has 22 heavy (non-hydrogen) atoms. The van der Waals surface area contributed by atoms with Crippen LogP contribution in [0.25, 0.3) is 28.0 Å². The number of aromatic nitrogens is 5. The predicted octanol–water partition coefficient (Wildman–Crippen LogP) is 3.54. The highest BCUT2D eigenvalue weighted by atomic mass is 32.1. The molecular formula is C16H11N5S. The van der Waals surface area contributed by atoms with Crippen LogP contribution >= 0.6 is 12.2 Å². The summed E-state index contributed by atoms with van der Waals surface area (Å²) in [5, 5.41) is 8.24. The van der Waals surface area contributed by atoms with E-state index in [1.807, 2.05) is 47.0 Å². The Morgan fingerprint density at radius 3 is 2.77 bits per heavy atom. The number of hydrogen-bond donors (Lipinski definition) is 1. The average Bonchev–Trinajstić information content (AvgIpc) is 2.96. The Kier molecular flexibility index (Phi) is 3.01. The molecule has 0 fully saturated rings. The number of nitrogens with one attached hydrogen (secondary N) is 1. The zero-order chi connectivity index (χ0) is 14.9. The van der Waals surface area contributed by atoms with Gasteiger partial charge in [-0.1, -0.05) is 6.07 Å². The minimum atomic E-state index is 0.537. The molecule has 1 N–H and O–H groups in total. The van der Waals surface area contributed by atoms with Gasteiger partial charge in [0, 0.05) is 29.5 Å². The van der Waals surface area contributed by atoms with E-state index in [2.05, 4.69) is 20.2 Å². The highest BCUT2D eigenvalue weighted by Gasteiger charge is 2.13. The summed E-state index contributed by atoms with van der Waals surface area (Å²) in [5.74, 6) is 0.731. The molecule has 6 heteroatoms. The number of pyridine rings is 2. The lowest BCUT2D eigenvalue weighted by Gasteiger charge is -2.09. The first kappa shape index (κ1) is 12.8. The molecule has 0 spiro atoms. The third-order valence-electron chi connectivity index (χ3n) is 3.46. The van der Waals surface area contributed by atoms with Gasteiger partial charge in [-0.05, 0) is 48.6 Å². The molecule has 106 valence electrons. The van der Waals surface area contributed by atoms with Gasteiger partial charge in [0.1, 0.15) is 0 Å². The molecule has 0 saturated carbocycles. The molecule has 0 atom stereocenters. The van der Waals surface area contributed by atoms with Crippen LogP contribution in [0.15, 0.2) is 61.1 Å². The Hall–Kier alpha value is -2.86. The van der Waals surface area contributed by atoms with Crippen molar-refractivity contribution in [1.82, 2.24) is 24.7 Å². The number of aromatic amines is 1. The highest BCUT2D eigenvalue weighted by molar-refractivity contribution is 7.71. The number of H-pyrrole nitrogens is 1. The van der Waals surface area contributed by atoms with Crippen LogP contribution in [0.4, 0.5) is 0 Å². The monoisotopic (exact) mass is 305 g/mol. The van der Waals surface area contributed by atoms with Crippen LogP contribution in [0.1, 0.15) is 0 Å². The zero-order valence-corrected chi connectivity index (χ0v) is 12.3. The van der Waals surface area contributed by atoms with E-state index in [1.54, 1.807) is 18.6 Å². The normalized spacial score (nSPS) is 10.9. The van der Waals surface area contributed by atoms with Crippen molar-refractivity contribution in [1.29, 1.82) is 0 Å². The fraction of sp³-hybridized carbons (Fsp3) is 0. The quantitative estimate of drug-likeness (QED) is 0.575. The second-order valence-corrected chi connectivity index (χ2v) is 5.16. The molecule has 0 aliphatic carbocycles. The van der Waals surface area contributed by atoms with E-state index in [1.165, 1.54) is 0 Å². The molecule has 0 amide bonds. The summed E-state index contributed by atoms with van der Waals surface area (Å²) in [6.07, 6.45) is 5.28. The maximum atomic E-state index is 5.42. The molecule has 4 rings (SSSR count). The number of hydrogen-bond acceptors (Lipinski definition) is 4. The topological polar surface area (TPSA) is 59.4 Å². The lowest BCUT2D eigenvalue weighted by atomic mass is 10.1. The summed E-state index contributed by atoms with van der Waals surface area (Å²) < 4.78 is 2.45. The third-order valence-corrected chi connectivity index (χ3v) is 3.73. The van der Waals surface area contributed by atoms with E-state index < -0.39 is 0 Å². The van der Waals surface area contributed by atoms with Gasteiger partial charge in [0.15, 0.2) is 10.6 Å². The Bertz CT molecular complexity index is 998. The van der Waals surface area contributed by atoms with E-state index in [0.29, 0.717) is 4.77 Å². The van der Waals surface area contributed by atoms with Gasteiger partial charge in [-0.2, -0.15) is 5.10 Å². The summed E-state index contributed by atoms with van der Waals surface area (Å²) in [6.45, 7) is 0. The zero-order valence-electron chi connectivity index (χ0n) is 11.5. The van der Waals surface area contributed by atoms with Crippen molar-refractivity contribution in [2.75, 3.05) is 0 Å². The molecule has 3 aromatic heterocycles. The van der Waals surface area contributed by atoms with Crippen molar-refractivity contribution >= 4 is 23.1 Å². The van der Waals surface area contributed by atoms with Gasteiger partial charge < -0.3 is 0 Å². The van der Waals surface area contributed by atoms with Gasteiger partial charge in [0.25, 0.3) is 0 Å². The Balaban J connectivity index is 2.04. The van der Waals surface area contributed by atoms with E-state index in [-0.39, 0.29) is 0 Å². The molecule has 4 aromatic rings. The lowest BCUT2D eigenvalue weighted by Crippen LogP contribution is -1.99. The second-order valence-electron chi connectivity index (χ2n) is 4.78. The molecule has 5 nitrogen and oxygen atoms in total. The first-order valence-electron chi connectivity index (χ1n) is 6.76. The van der Waals surface area contributed by atoms with E-state index in [4.69, 9.17) is 12.2 Å². The molecular weight excluding hydrogens is 294 g/mol. The maximum Gasteiger partial charge on any atom is 0.200 e. The maximum absolute atomic E-state index is 5.42. The second kappa shape index (κ2) is 5.16. The number of fused-ring (bicyclic) bond motifs is 1. The van der Waals surface area contributed by atoms with Crippen molar-refractivity contribution in [3.63, 3.8) is 0 Å². The van der Waals surface area contributed by atoms with E-state index >= 15 is 0 Å². The molecule has 0 radical (unpaired) electrons. The average molecular weight is 305 g/mol. The molecule has 0 aliphatic rings. The van der Waals surface area contributed by atoms with Gasteiger partial charge in [-0.3, -0.25) is 19.6 Å². The summed E-state index contributed by atoms with van der Waals surface area (Å²) in [4.78, 5) is 8.55. The van der Waals surface area contributed by atoms with Crippen LogP contribution in [0.3, 0.4) is 0 Å². The fourth-order valence-corrected chi connectivity index (χ4v) is 2.72. The highest BCUT2D eigenvalue weighted by Crippen LogP contribution is 2.25. The van der Waals surface area contributed by atoms with Crippen molar-refractivity contribution in [3.05, 3.63) is 65.8 Å². The van der Waals surface area contributed by atoms with Crippen LogP contribution in [-0.2, 0) is 0 Å². The SMILES string of the molecule is S=c1[nH]nc(-c2cccnc2)n1-c1cccc2ncccc12. The van der Waals surface area contributed by atoms with Crippen LogP contribution in [-0.4, -0.2) is 24.7 Å². The third kappa shape index (κ3) is 2.01. The Morgan fingerprint density at radius 2 is 1.91 bits per heavy atom. The first-order valence-corrected chi connectivity index (χ1v) is 7.17. The summed E-state index contributed by atoms with van der Waals surface area (Å²) in [7, 11) is 0. The summed E-state index contributed by atoms with van der Waals surface area (Å²) in [5.41, 5.74) is 2.76. The van der Waals surface area contributed by atoms with Crippen LogP contribution < -0.4 is 0 Å². The smallest absolute Gasteiger partial charge is 0.200 e. The van der Waals surface area contributed by atoms with E-state index in [9.17, 15) is 0 Å². The predicted molar refractivity (Wildman–Crippen MR) is 87.3 cm³/mol. The van der Waals surface area contributed by atoms with Crippen molar-refractivity contribution in [3.8, 4) is 17.1 Å². The lowest BCUT2D eigenvalue weighted by molar-refractivity contribution is 1.04. The Labute approximate surface area is 131 Å². The number of benzene rings is 1. The summed E-state index contributed by atoms with van der Waals surface area (Å²) >= 11 is 5.42. The molecule has 0 saturated heterocycles. The first-order chi connectivity index (χ1) is 10.8. The summed E-state index contributed by atoms with van der Waals surface area (Å²) in [6, 6.07) is 13.7. The molecule has 0 aliphatic heterocycles. The van der Waals surface area contributed by atoms with Crippen LogP contribution in [0, 0.1) is 4.77 Å². The van der Waals surface area contributed by atoms with Gasteiger partial charge in [-0.25, -0.2) is 0 Å². The van der Waals surface area contributed by atoms with Gasteiger partial charge in [0.05, 0.1) is 11.2 Å². The van der Waals surface area contributed by atoms with Crippen molar-refractivity contribution in [2.45, 2.75) is 0 Å². The Morgan fingerprint density at radius 1 is 1.00 bits per heavy atom. The van der Waals surface area contributed by atoms with Crippen molar-refractivity contribution in [2.24, 2.45) is 0 Å². The van der Waals surface area contributed by atoms with Crippen LogP contribution in [0.5, 0.6) is 0 Å². The van der Waals surface area contributed by atoms with Crippen molar-refractivity contribution < 1.29 is 0 Å². The van der Waals surface area contributed by atoms with Gasteiger partial charge in [0.2, 0.25) is 0 Å².